The van der Waals surface area contributed by atoms with Gasteiger partial charge in [0.2, 0.25) is 0 Å². The van der Waals surface area contributed by atoms with Gasteiger partial charge >= 0.3 is 0 Å². The fourth-order valence-electron chi connectivity index (χ4n) is 3.57. The lowest BCUT2D eigenvalue weighted by molar-refractivity contribution is 0.0733. The van der Waals surface area contributed by atoms with Crippen LogP contribution >= 0.6 is 0 Å². The molecule has 1 aliphatic rings. The van der Waals surface area contributed by atoms with E-state index in [0.29, 0.717) is 18.6 Å². The average Bonchev–Trinajstić information content (AvgIpc) is 3.39. The molecule has 0 unspecified atom stereocenters. The Morgan fingerprint density at radius 1 is 1.18 bits per heavy atom. The van der Waals surface area contributed by atoms with E-state index in [9.17, 15) is 9.18 Å². The molecule has 0 radical (unpaired) electrons. The molecule has 3 aromatic rings. The highest BCUT2D eigenvalue weighted by molar-refractivity contribution is 5.94. The summed E-state index contributed by atoms with van der Waals surface area (Å²) in [7, 11) is 0. The quantitative estimate of drug-likeness (QED) is 0.700. The molecule has 1 atom stereocenters. The second kappa shape index (κ2) is 8.25. The zero-order valence-corrected chi connectivity index (χ0v) is 15.5. The van der Waals surface area contributed by atoms with Crippen LogP contribution in [-0.4, -0.2) is 34.2 Å². The van der Waals surface area contributed by atoms with E-state index in [1.165, 1.54) is 6.07 Å². The van der Waals surface area contributed by atoms with E-state index in [4.69, 9.17) is 4.74 Å². The van der Waals surface area contributed by atoms with Gasteiger partial charge in [0, 0.05) is 24.2 Å². The third kappa shape index (κ3) is 3.91. The number of nitrogens with zero attached hydrogens (tertiary/aromatic N) is 2. The molecule has 0 bridgehead atoms. The number of carbonyl (C=O) groups excluding carboxylic acids is 1. The summed E-state index contributed by atoms with van der Waals surface area (Å²) >= 11 is 0. The fraction of sp³-hybridized carbons (Fsp3) is 0.273. The molecular formula is C22H22FN3O2. The highest BCUT2D eigenvalue weighted by Crippen LogP contribution is 2.32. The summed E-state index contributed by atoms with van der Waals surface area (Å²) in [5, 5.41) is 7.44. The van der Waals surface area contributed by atoms with E-state index in [2.05, 4.69) is 10.2 Å². The van der Waals surface area contributed by atoms with Crippen molar-refractivity contribution < 1.29 is 13.9 Å². The first-order valence-electron chi connectivity index (χ1n) is 9.50. The summed E-state index contributed by atoms with van der Waals surface area (Å²) in [4.78, 5) is 14.7. The number of amides is 1. The Bertz CT molecular complexity index is 942. The third-order valence-corrected chi connectivity index (χ3v) is 4.99. The van der Waals surface area contributed by atoms with Crippen LogP contribution in [0.15, 0.2) is 60.7 Å². The number of H-pyrrole nitrogens is 1. The SMILES string of the molecule is O=C(c1ccccc1)N1CCC[C@H]1c1cc(CCOc2ccccc2F)[nH]n1. The summed E-state index contributed by atoms with van der Waals surface area (Å²) in [6, 6.07) is 17.7. The first-order chi connectivity index (χ1) is 13.7. The zero-order valence-electron chi connectivity index (χ0n) is 15.5. The number of hydrogen-bond donors (Lipinski definition) is 1. The van der Waals surface area contributed by atoms with E-state index >= 15 is 0 Å². The normalized spacial score (nSPS) is 16.3. The first-order valence-corrected chi connectivity index (χ1v) is 9.50. The number of para-hydroxylation sites is 1. The summed E-state index contributed by atoms with van der Waals surface area (Å²) in [6.45, 7) is 1.08. The predicted octanol–water partition coefficient (Wildman–Crippen LogP) is 4.15. The Kier molecular flexibility index (Phi) is 5.37. The monoisotopic (exact) mass is 379 g/mol. The lowest BCUT2D eigenvalue weighted by Gasteiger charge is -2.23. The van der Waals surface area contributed by atoms with Gasteiger partial charge in [0.05, 0.1) is 18.3 Å². The Labute approximate surface area is 163 Å². The van der Waals surface area contributed by atoms with Crippen LogP contribution in [-0.2, 0) is 6.42 Å². The van der Waals surface area contributed by atoms with E-state index in [-0.39, 0.29) is 23.5 Å². The number of halogens is 1. The van der Waals surface area contributed by atoms with Gasteiger partial charge in [0.25, 0.3) is 5.91 Å². The van der Waals surface area contributed by atoms with Gasteiger partial charge in [-0.05, 0) is 43.2 Å². The van der Waals surface area contributed by atoms with Crippen LogP contribution in [0.4, 0.5) is 4.39 Å². The maximum atomic E-state index is 13.6. The maximum Gasteiger partial charge on any atom is 0.254 e. The number of aromatic nitrogens is 2. The van der Waals surface area contributed by atoms with Crippen LogP contribution in [0, 0.1) is 5.82 Å². The number of carbonyl (C=O) groups is 1. The molecular weight excluding hydrogens is 357 g/mol. The summed E-state index contributed by atoms with van der Waals surface area (Å²) in [5.41, 5.74) is 2.47. The van der Waals surface area contributed by atoms with Gasteiger partial charge in [-0.15, -0.1) is 0 Å². The molecule has 4 rings (SSSR count). The second-order valence-electron chi connectivity index (χ2n) is 6.87. The van der Waals surface area contributed by atoms with Gasteiger partial charge < -0.3 is 9.64 Å². The van der Waals surface area contributed by atoms with Crippen molar-refractivity contribution in [3.63, 3.8) is 0 Å². The van der Waals surface area contributed by atoms with Crippen molar-refractivity contribution in [2.75, 3.05) is 13.2 Å². The minimum absolute atomic E-state index is 0.0230. The van der Waals surface area contributed by atoms with Crippen LogP contribution < -0.4 is 4.74 Å². The number of rotatable bonds is 6. The van der Waals surface area contributed by atoms with E-state index < -0.39 is 0 Å². The number of likely N-dealkylation sites (tertiary alicyclic amines) is 1. The molecule has 1 saturated heterocycles. The average molecular weight is 379 g/mol. The standard InChI is InChI=1S/C22H22FN3O2/c23-18-9-4-5-11-21(18)28-14-12-17-15-19(25-24-17)20-10-6-13-26(20)22(27)16-7-2-1-3-8-16/h1-5,7-9,11,15,20H,6,10,12-14H2,(H,24,25)/t20-/m0/s1. The van der Waals surface area contributed by atoms with Crippen molar-refractivity contribution in [2.45, 2.75) is 25.3 Å². The molecule has 0 spiro atoms. The van der Waals surface area contributed by atoms with Crippen molar-refractivity contribution in [2.24, 2.45) is 0 Å². The maximum absolute atomic E-state index is 13.6. The van der Waals surface area contributed by atoms with E-state index in [0.717, 1.165) is 30.8 Å². The van der Waals surface area contributed by atoms with Gasteiger partial charge in [-0.2, -0.15) is 5.10 Å². The number of aromatic amines is 1. The number of hydrogen-bond acceptors (Lipinski definition) is 3. The summed E-state index contributed by atoms with van der Waals surface area (Å²) in [6.07, 6.45) is 2.44. The molecule has 1 amide bonds. The molecule has 5 nitrogen and oxygen atoms in total. The molecule has 1 aromatic heterocycles. The molecule has 144 valence electrons. The van der Waals surface area contributed by atoms with Crippen molar-refractivity contribution in [1.82, 2.24) is 15.1 Å². The van der Waals surface area contributed by atoms with Gasteiger partial charge in [-0.1, -0.05) is 30.3 Å². The molecule has 1 fully saturated rings. The van der Waals surface area contributed by atoms with Crippen molar-refractivity contribution in [3.05, 3.63) is 83.4 Å². The lowest BCUT2D eigenvalue weighted by atomic mass is 10.1. The Morgan fingerprint density at radius 2 is 1.96 bits per heavy atom. The molecule has 1 aliphatic heterocycles. The van der Waals surface area contributed by atoms with Gasteiger partial charge in [-0.3, -0.25) is 9.89 Å². The second-order valence-corrected chi connectivity index (χ2v) is 6.87. The lowest BCUT2D eigenvalue weighted by Crippen LogP contribution is -2.30. The third-order valence-electron chi connectivity index (χ3n) is 4.99. The van der Waals surface area contributed by atoms with Crippen LogP contribution in [0.5, 0.6) is 5.75 Å². The predicted molar refractivity (Wildman–Crippen MR) is 104 cm³/mol. The summed E-state index contributed by atoms with van der Waals surface area (Å²) < 4.78 is 19.1. The van der Waals surface area contributed by atoms with E-state index in [1.807, 2.05) is 41.3 Å². The van der Waals surface area contributed by atoms with Crippen molar-refractivity contribution in [1.29, 1.82) is 0 Å². The highest BCUT2D eigenvalue weighted by atomic mass is 19.1. The number of ether oxygens (including phenoxy) is 1. The van der Waals surface area contributed by atoms with Crippen LogP contribution in [0.25, 0.3) is 0 Å². The Balaban J connectivity index is 1.39. The molecule has 28 heavy (non-hydrogen) atoms. The largest absolute Gasteiger partial charge is 0.490 e. The first kappa shape index (κ1) is 18.2. The zero-order chi connectivity index (χ0) is 19.3. The highest BCUT2D eigenvalue weighted by Gasteiger charge is 2.32. The Morgan fingerprint density at radius 3 is 2.79 bits per heavy atom. The van der Waals surface area contributed by atoms with Gasteiger partial charge in [0.15, 0.2) is 11.6 Å². The number of benzene rings is 2. The Hall–Kier alpha value is -3.15. The van der Waals surface area contributed by atoms with Gasteiger partial charge in [-0.25, -0.2) is 4.39 Å². The van der Waals surface area contributed by atoms with E-state index in [1.54, 1.807) is 18.2 Å². The molecule has 2 heterocycles. The fourth-order valence-corrected chi connectivity index (χ4v) is 3.57. The van der Waals surface area contributed by atoms with Gasteiger partial charge in [0.1, 0.15) is 0 Å². The van der Waals surface area contributed by atoms with Crippen LogP contribution in [0.2, 0.25) is 0 Å². The summed E-state index contributed by atoms with van der Waals surface area (Å²) in [5.74, 6) is -0.0815. The number of nitrogens with one attached hydrogen (secondary N) is 1. The van der Waals surface area contributed by atoms with Crippen LogP contribution in [0.3, 0.4) is 0 Å². The molecule has 0 aliphatic carbocycles. The molecule has 1 N–H and O–H groups in total. The minimum atomic E-state index is -0.367. The topological polar surface area (TPSA) is 58.2 Å². The van der Waals surface area contributed by atoms with Crippen molar-refractivity contribution in [3.8, 4) is 5.75 Å². The van der Waals surface area contributed by atoms with Crippen LogP contribution in [0.1, 0.15) is 40.6 Å². The van der Waals surface area contributed by atoms with Crippen molar-refractivity contribution >= 4 is 5.91 Å². The molecule has 2 aromatic carbocycles. The minimum Gasteiger partial charge on any atom is -0.490 e. The smallest absolute Gasteiger partial charge is 0.254 e. The molecule has 0 saturated carbocycles. The molecule has 6 heteroatoms.